The largest absolute Gasteiger partial charge is 0.454 e. The molecule has 9 nitrogen and oxygen atoms in total. The van der Waals surface area contributed by atoms with Crippen LogP contribution in [0.15, 0.2) is 66.9 Å². The molecule has 3 aromatic carbocycles. The highest BCUT2D eigenvalue weighted by Crippen LogP contribution is 2.37. The smallest absolute Gasteiger partial charge is 0.387 e. The summed E-state index contributed by atoms with van der Waals surface area (Å²) >= 11 is 0. The molecule has 2 aromatic heterocycles. The molecule has 6 rings (SSSR count). The number of anilines is 2. The molecule has 43 heavy (non-hydrogen) atoms. The molecular formula is C31H26F3N5O4. The second-order valence-corrected chi connectivity index (χ2v) is 10.1. The molecule has 0 bridgehead atoms. The Morgan fingerprint density at radius 3 is 2.60 bits per heavy atom. The average molecular weight is 590 g/mol. The van der Waals surface area contributed by atoms with Crippen molar-refractivity contribution < 1.29 is 32.2 Å². The molecular weight excluding hydrogens is 563 g/mol. The highest BCUT2D eigenvalue weighted by atomic mass is 19.3. The SMILES string of the molecule is Cc1cc(-n2ncc(C(=O)c3cc4cc(OC(F)F)c(N5CCCCC5=O)cc4[nH]3)c2N)ccc1Oc1ccccc1F. The van der Waals surface area contributed by atoms with E-state index in [2.05, 4.69) is 10.1 Å². The number of nitrogens with one attached hydrogen (secondary N) is 1. The van der Waals surface area contributed by atoms with Crippen molar-refractivity contribution in [1.29, 1.82) is 0 Å². The van der Waals surface area contributed by atoms with Gasteiger partial charge in [0.05, 0.1) is 28.8 Å². The molecule has 1 amide bonds. The standard InChI is InChI=1S/C31H26F3N5O4/c1-17-12-19(9-10-25(17)42-26-7-3-2-6-21(26)32)39-30(35)20(16-36-39)29(41)23-13-18-14-27(43-31(33)34)24(15-22(18)37-23)38-11-5-4-8-28(38)40/h2-3,6-7,9-10,12-16,31,37H,4-5,8,11,35H2,1H3. The first-order valence-corrected chi connectivity index (χ1v) is 13.5. The highest BCUT2D eigenvalue weighted by Gasteiger charge is 2.26. The Balaban J connectivity index is 1.29. The second kappa shape index (κ2) is 11.2. The van der Waals surface area contributed by atoms with Crippen molar-refractivity contribution in [2.75, 3.05) is 17.2 Å². The topological polar surface area (TPSA) is 115 Å². The van der Waals surface area contributed by atoms with Gasteiger partial charge < -0.3 is 25.1 Å². The minimum atomic E-state index is -3.09. The van der Waals surface area contributed by atoms with Gasteiger partial charge in [0.25, 0.3) is 0 Å². The monoisotopic (exact) mass is 589 g/mol. The molecule has 1 aliphatic heterocycles. The second-order valence-electron chi connectivity index (χ2n) is 10.1. The average Bonchev–Trinajstić information content (AvgIpc) is 3.57. The minimum Gasteiger partial charge on any atom is -0.454 e. The number of carbonyl (C=O) groups excluding carboxylic acids is 2. The number of carbonyl (C=O) groups is 2. The number of alkyl halides is 2. The lowest BCUT2D eigenvalue weighted by molar-refractivity contribution is -0.119. The van der Waals surface area contributed by atoms with Gasteiger partial charge in [-0.3, -0.25) is 9.59 Å². The van der Waals surface area contributed by atoms with Gasteiger partial charge >= 0.3 is 6.61 Å². The summed E-state index contributed by atoms with van der Waals surface area (Å²) in [6.07, 6.45) is 3.11. The lowest BCUT2D eigenvalue weighted by Gasteiger charge is -2.28. The van der Waals surface area contributed by atoms with Crippen molar-refractivity contribution in [3.05, 3.63) is 89.5 Å². The number of para-hydroxylation sites is 1. The predicted octanol–water partition coefficient (Wildman–Crippen LogP) is 6.52. The third-order valence-electron chi connectivity index (χ3n) is 7.29. The number of benzene rings is 3. The molecule has 0 unspecified atom stereocenters. The van der Waals surface area contributed by atoms with Crippen LogP contribution in [-0.2, 0) is 4.79 Å². The molecule has 3 heterocycles. The van der Waals surface area contributed by atoms with E-state index in [-0.39, 0.29) is 40.2 Å². The highest BCUT2D eigenvalue weighted by molar-refractivity contribution is 6.13. The lowest BCUT2D eigenvalue weighted by Crippen LogP contribution is -2.35. The number of H-pyrrole nitrogens is 1. The van der Waals surface area contributed by atoms with E-state index in [1.807, 2.05) is 0 Å². The van der Waals surface area contributed by atoms with Crippen molar-refractivity contribution >= 4 is 34.1 Å². The summed E-state index contributed by atoms with van der Waals surface area (Å²) in [4.78, 5) is 30.5. The van der Waals surface area contributed by atoms with Crippen LogP contribution < -0.4 is 20.1 Å². The molecule has 5 aromatic rings. The molecule has 0 radical (unpaired) electrons. The number of fused-ring (bicyclic) bond motifs is 1. The maximum absolute atomic E-state index is 14.0. The van der Waals surface area contributed by atoms with Crippen LogP contribution in [0.2, 0.25) is 0 Å². The zero-order valence-corrected chi connectivity index (χ0v) is 22.9. The van der Waals surface area contributed by atoms with E-state index in [0.29, 0.717) is 40.9 Å². The summed E-state index contributed by atoms with van der Waals surface area (Å²) < 4.78 is 52.4. The quantitative estimate of drug-likeness (QED) is 0.199. The van der Waals surface area contributed by atoms with Crippen LogP contribution in [0.25, 0.3) is 16.6 Å². The first-order valence-electron chi connectivity index (χ1n) is 13.5. The van der Waals surface area contributed by atoms with E-state index in [9.17, 15) is 22.8 Å². The van der Waals surface area contributed by atoms with Crippen molar-refractivity contribution in [2.45, 2.75) is 32.8 Å². The number of piperidine rings is 1. The molecule has 0 spiro atoms. The number of nitrogens with two attached hydrogens (primary N) is 1. The first kappa shape index (κ1) is 27.9. The fourth-order valence-electron chi connectivity index (χ4n) is 5.14. The lowest BCUT2D eigenvalue weighted by atomic mass is 10.1. The van der Waals surface area contributed by atoms with E-state index in [0.717, 1.165) is 12.8 Å². The summed E-state index contributed by atoms with van der Waals surface area (Å²) in [6, 6.07) is 15.6. The number of nitrogens with zero attached hydrogens (tertiary/aromatic N) is 3. The van der Waals surface area contributed by atoms with E-state index in [1.165, 1.54) is 46.1 Å². The van der Waals surface area contributed by atoms with Crippen molar-refractivity contribution in [1.82, 2.24) is 14.8 Å². The number of nitrogen functional groups attached to an aromatic ring is 1. The van der Waals surface area contributed by atoms with Gasteiger partial charge in [-0.15, -0.1) is 0 Å². The van der Waals surface area contributed by atoms with Gasteiger partial charge in [-0.25, -0.2) is 9.07 Å². The van der Waals surface area contributed by atoms with Gasteiger partial charge in [-0.2, -0.15) is 13.9 Å². The number of rotatable bonds is 8. The van der Waals surface area contributed by atoms with E-state index < -0.39 is 18.2 Å². The Bertz CT molecular complexity index is 1870. The Labute approximate surface area is 243 Å². The number of aryl methyl sites for hydroxylation is 1. The van der Waals surface area contributed by atoms with Crippen LogP contribution >= 0.6 is 0 Å². The molecule has 1 aliphatic rings. The molecule has 0 saturated carbocycles. The van der Waals surface area contributed by atoms with Crippen LogP contribution in [0.4, 0.5) is 24.7 Å². The van der Waals surface area contributed by atoms with Gasteiger partial charge in [0.2, 0.25) is 11.7 Å². The fraction of sp³-hybridized carbons (Fsp3) is 0.194. The summed E-state index contributed by atoms with van der Waals surface area (Å²) in [6.45, 7) is -0.930. The summed E-state index contributed by atoms with van der Waals surface area (Å²) in [5, 5.41) is 4.74. The van der Waals surface area contributed by atoms with Gasteiger partial charge in [-0.1, -0.05) is 12.1 Å². The number of ketones is 1. The fourth-order valence-corrected chi connectivity index (χ4v) is 5.14. The normalized spacial score (nSPS) is 13.6. The Morgan fingerprint density at radius 2 is 1.86 bits per heavy atom. The van der Waals surface area contributed by atoms with Crippen molar-refractivity contribution in [3.8, 4) is 22.9 Å². The molecule has 12 heteroatoms. The van der Waals surface area contributed by atoms with Crippen LogP contribution in [-0.4, -0.2) is 39.6 Å². The number of amides is 1. The van der Waals surface area contributed by atoms with E-state index in [4.69, 9.17) is 15.2 Å². The van der Waals surface area contributed by atoms with E-state index >= 15 is 0 Å². The third kappa shape index (κ3) is 5.39. The molecule has 1 fully saturated rings. The number of hydrogen-bond donors (Lipinski definition) is 2. The van der Waals surface area contributed by atoms with E-state index in [1.54, 1.807) is 37.3 Å². The number of ether oxygens (including phenoxy) is 2. The molecule has 1 saturated heterocycles. The zero-order valence-electron chi connectivity index (χ0n) is 22.9. The van der Waals surface area contributed by atoms with Gasteiger partial charge in [-0.05, 0) is 73.9 Å². The van der Waals surface area contributed by atoms with Gasteiger partial charge in [0.15, 0.2) is 17.3 Å². The number of aromatic nitrogens is 3. The maximum Gasteiger partial charge on any atom is 0.387 e. The zero-order chi connectivity index (χ0) is 30.2. The Morgan fingerprint density at radius 1 is 1.05 bits per heavy atom. The third-order valence-corrected chi connectivity index (χ3v) is 7.29. The van der Waals surface area contributed by atoms with Crippen molar-refractivity contribution in [2.24, 2.45) is 0 Å². The van der Waals surface area contributed by atoms with Crippen LogP contribution in [0.1, 0.15) is 40.9 Å². The van der Waals surface area contributed by atoms with Crippen LogP contribution in [0.3, 0.4) is 0 Å². The van der Waals surface area contributed by atoms with Gasteiger partial charge in [0, 0.05) is 23.9 Å². The van der Waals surface area contributed by atoms with Gasteiger partial charge in [0.1, 0.15) is 11.6 Å². The molecule has 3 N–H and O–H groups in total. The van der Waals surface area contributed by atoms with Crippen LogP contribution in [0.5, 0.6) is 17.2 Å². The molecule has 0 aliphatic carbocycles. The first-order chi connectivity index (χ1) is 20.7. The Hall–Kier alpha value is -5.26. The number of aromatic amines is 1. The van der Waals surface area contributed by atoms with Crippen molar-refractivity contribution in [3.63, 3.8) is 0 Å². The maximum atomic E-state index is 14.0. The summed E-state index contributed by atoms with van der Waals surface area (Å²) in [7, 11) is 0. The van der Waals surface area contributed by atoms with Crippen LogP contribution in [0, 0.1) is 12.7 Å². The minimum absolute atomic E-state index is 0.0761. The molecule has 220 valence electrons. The summed E-state index contributed by atoms with van der Waals surface area (Å²) in [5.74, 6) is -0.692. The summed E-state index contributed by atoms with van der Waals surface area (Å²) in [5.41, 5.74) is 8.53. The number of hydrogen-bond acceptors (Lipinski definition) is 6. The number of halogens is 3. The predicted molar refractivity (Wildman–Crippen MR) is 154 cm³/mol. The molecule has 0 atom stereocenters. The Kier molecular flexibility index (Phi) is 7.26.